The molecule has 5 rings (SSSR count). The number of fused-ring (bicyclic) bond motifs is 3. The SMILES string of the molecule is OC1=C2c3ncc(C(F)(F)F)n3C[C@H](C(c3ccccc3)c3ccccc3)N2C=CC1O. The molecule has 32 heavy (non-hydrogen) atoms. The summed E-state index contributed by atoms with van der Waals surface area (Å²) < 4.78 is 42.4. The van der Waals surface area contributed by atoms with Gasteiger partial charge in [0.2, 0.25) is 0 Å². The number of hydrogen-bond acceptors (Lipinski definition) is 4. The number of benzene rings is 2. The second-order valence-corrected chi connectivity index (χ2v) is 7.87. The van der Waals surface area contributed by atoms with Crippen molar-refractivity contribution in [1.82, 2.24) is 14.5 Å². The average Bonchev–Trinajstić information content (AvgIpc) is 3.22. The van der Waals surface area contributed by atoms with Crippen molar-refractivity contribution in [2.75, 3.05) is 0 Å². The molecular formula is C24H20F3N3O2. The minimum absolute atomic E-state index is 0.00412. The molecule has 0 radical (unpaired) electrons. The molecule has 5 nitrogen and oxygen atoms in total. The Morgan fingerprint density at radius 1 is 0.969 bits per heavy atom. The molecule has 0 saturated heterocycles. The van der Waals surface area contributed by atoms with Gasteiger partial charge in [0.05, 0.1) is 12.2 Å². The fourth-order valence-corrected chi connectivity index (χ4v) is 4.59. The maximum atomic E-state index is 13.8. The van der Waals surface area contributed by atoms with Crippen LogP contribution in [-0.4, -0.2) is 36.8 Å². The van der Waals surface area contributed by atoms with E-state index in [0.717, 1.165) is 21.9 Å². The Hall–Kier alpha value is -3.52. The number of alkyl halides is 3. The van der Waals surface area contributed by atoms with Gasteiger partial charge in [-0.05, 0) is 17.2 Å². The molecule has 0 fully saturated rings. The molecule has 2 aliphatic rings. The fourth-order valence-electron chi connectivity index (χ4n) is 4.59. The third-order valence-electron chi connectivity index (χ3n) is 6.00. The van der Waals surface area contributed by atoms with Crippen molar-refractivity contribution in [3.05, 3.63) is 108 Å². The molecule has 8 heteroatoms. The van der Waals surface area contributed by atoms with E-state index in [1.165, 1.54) is 6.08 Å². The first-order valence-corrected chi connectivity index (χ1v) is 10.2. The van der Waals surface area contributed by atoms with Crippen LogP contribution in [0.1, 0.15) is 28.6 Å². The van der Waals surface area contributed by atoms with E-state index in [0.29, 0.717) is 0 Å². The summed E-state index contributed by atoms with van der Waals surface area (Å²) in [5, 5.41) is 20.9. The Morgan fingerprint density at radius 2 is 1.56 bits per heavy atom. The monoisotopic (exact) mass is 439 g/mol. The highest BCUT2D eigenvalue weighted by atomic mass is 19.4. The van der Waals surface area contributed by atoms with Gasteiger partial charge in [0, 0.05) is 18.7 Å². The highest BCUT2D eigenvalue weighted by molar-refractivity contribution is 5.67. The van der Waals surface area contributed by atoms with Crippen LogP contribution < -0.4 is 0 Å². The van der Waals surface area contributed by atoms with Gasteiger partial charge in [-0.1, -0.05) is 60.7 Å². The molecule has 2 N–H and O–H groups in total. The summed E-state index contributed by atoms with van der Waals surface area (Å²) in [7, 11) is 0. The molecule has 2 atom stereocenters. The summed E-state index contributed by atoms with van der Waals surface area (Å²) in [5.74, 6) is -0.747. The third-order valence-corrected chi connectivity index (χ3v) is 6.00. The van der Waals surface area contributed by atoms with Gasteiger partial charge in [0.25, 0.3) is 0 Å². The van der Waals surface area contributed by atoms with Gasteiger partial charge in [0.15, 0.2) is 11.6 Å². The first kappa shape index (κ1) is 20.4. The number of hydrogen-bond donors (Lipinski definition) is 2. The molecule has 164 valence electrons. The quantitative estimate of drug-likeness (QED) is 0.630. The van der Waals surface area contributed by atoms with Crippen molar-refractivity contribution in [3.8, 4) is 0 Å². The molecule has 1 aromatic heterocycles. The van der Waals surface area contributed by atoms with Crippen molar-refractivity contribution in [2.45, 2.75) is 30.8 Å². The fraction of sp³-hybridized carbons (Fsp3) is 0.208. The number of imidazole rings is 1. The van der Waals surface area contributed by atoms with E-state index in [1.807, 2.05) is 60.7 Å². The lowest BCUT2D eigenvalue weighted by Crippen LogP contribution is -2.46. The molecule has 2 aliphatic heterocycles. The summed E-state index contributed by atoms with van der Waals surface area (Å²) in [6.07, 6.45) is -2.10. The van der Waals surface area contributed by atoms with Crippen molar-refractivity contribution in [3.63, 3.8) is 0 Å². The standard InChI is InChI=1S/C24H20F3N3O2/c25-24(26,27)19-13-28-23-21-22(32)18(31)11-12-29(21)17(14-30(19)23)20(15-7-3-1-4-8-15)16-9-5-2-6-10-16/h1-13,17-18,20,31-32H,14H2/t17-,18?/m1/s1. The number of halogens is 3. The molecular weight excluding hydrogens is 419 g/mol. The van der Waals surface area contributed by atoms with Gasteiger partial charge < -0.3 is 19.7 Å². The molecule has 0 amide bonds. The van der Waals surface area contributed by atoms with Gasteiger partial charge in [0.1, 0.15) is 17.5 Å². The molecule has 0 aliphatic carbocycles. The van der Waals surface area contributed by atoms with Gasteiger partial charge in [-0.25, -0.2) is 4.98 Å². The Morgan fingerprint density at radius 3 is 2.12 bits per heavy atom. The van der Waals surface area contributed by atoms with Gasteiger partial charge in [-0.15, -0.1) is 0 Å². The molecule has 0 bridgehead atoms. The lowest BCUT2D eigenvalue weighted by Gasteiger charge is -2.44. The van der Waals surface area contributed by atoms with Crippen LogP contribution in [0.15, 0.2) is 84.9 Å². The van der Waals surface area contributed by atoms with E-state index in [2.05, 4.69) is 4.98 Å². The summed E-state index contributed by atoms with van der Waals surface area (Å²) in [6.45, 7) is -0.00412. The van der Waals surface area contributed by atoms with E-state index in [-0.39, 0.29) is 24.0 Å². The van der Waals surface area contributed by atoms with Crippen LogP contribution in [0.25, 0.3) is 5.70 Å². The van der Waals surface area contributed by atoms with Crippen LogP contribution in [0, 0.1) is 0 Å². The third kappa shape index (κ3) is 3.27. The number of aliphatic hydroxyl groups is 2. The number of nitrogens with zero attached hydrogens (tertiary/aromatic N) is 3. The van der Waals surface area contributed by atoms with E-state index >= 15 is 0 Å². The maximum absolute atomic E-state index is 13.8. The predicted molar refractivity (Wildman–Crippen MR) is 112 cm³/mol. The lowest BCUT2D eigenvalue weighted by molar-refractivity contribution is -0.144. The van der Waals surface area contributed by atoms with E-state index in [9.17, 15) is 23.4 Å². The first-order chi connectivity index (χ1) is 15.4. The van der Waals surface area contributed by atoms with Crippen molar-refractivity contribution in [1.29, 1.82) is 0 Å². The maximum Gasteiger partial charge on any atom is 0.433 e. The predicted octanol–water partition coefficient (Wildman–Crippen LogP) is 4.53. The minimum atomic E-state index is -4.60. The van der Waals surface area contributed by atoms with Gasteiger partial charge in [-0.2, -0.15) is 13.2 Å². The average molecular weight is 439 g/mol. The summed E-state index contributed by atoms with van der Waals surface area (Å²) in [6, 6.07) is 18.6. The zero-order valence-corrected chi connectivity index (χ0v) is 16.8. The molecule has 1 unspecified atom stereocenters. The topological polar surface area (TPSA) is 61.5 Å². The normalized spacial score (nSPS) is 20.5. The number of rotatable bonds is 3. The molecule has 3 heterocycles. The van der Waals surface area contributed by atoms with E-state index in [4.69, 9.17) is 0 Å². The smallest absolute Gasteiger partial charge is 0.433 e. The first-order valence-electron chi connectivity index (χ1n) is 10.2. The van der Waals surface area contributed by atoms with Crippen LogP contribution in [-0.2, 0) is 12.7 Å². The van der Waals surface area contributed by atoms with Crippen molar-refractivity contribution in [2.24, 2.45) is 0 Å². The zero-order chi connectivity index (χ0) is 22.5. The van der Waals surface area contributed by atoms with Crippen LogP contribution in [0.4, 0.5) is 13.2 Å². The molecule has 0 spiro atoms. The van der Waals surface area contributed by atoms with Crippen LogP contribution in [0.5, 0.6) is 0 Å². The second-order valence-electron chi connectivity index (χ2n) is 7.87. The van der Waals surface area contributed by atoms with E-state index in [1.54, 1.807) is 11.1 Å². The van der Waals surface area contributed by atoms with E-state index < -0.39 is 29.8 Å². The number of aliphatic hydroxyl groups excluding tert-OH is 2. The van der Waals surface area contributed by atoms with Crippen molar-refractivity contribution >= 4 is 5.70 Å². The molecule has 2 aromatic carbocycles. The summed E-state index contributed by atoms with van der Waals surface area (Å²) in [5.41, 5.74) is 1.06. The van der Waals surface area contributed by atoms with Crippen LogP contribution >= 0.6 is 0 Å². The lowest BCUT2D eigenvalue weighted by atomic mass is 9.82. The Kier molecular flexibility index (Phi) is 4.82. The van der Waals surface area contributed by atoms with Gasteiger partial charge >= 0.3 is 6.18 Å². The number of aromatic nitrogens is 2. The highest BCUT2D eigenvalue weighted by Crippen LogP contribution is 2.43. The van der Waals surface area contributed by atoms with Crippen LogP contribution in [0.3, 0.4) is 0 Å². The van der Waals surface area contributed by atoms with Crippen molar-refractivity contribution < 1.29 is 23.4 Å². The Labute approximate surface area is 182 Å². The molecule has 3 aromatic rings. The Bertz CT molecular complexity index is 1150. The minimum Gasteiger partial charge on any atom is -0.507 e. The highest BCUT2D eigenvalue weighted by Gasteiger charge is 2.45. The Balaban J connectivity index is 1.73. The second kappa shape index (κ2) is 7.56. The summed E-state index contributed by atoms with van der Waals surface area (Å²) in [4.78, 5) is 5.70. The summed E-state index contributed by atoms with van der Waals surface area (Å²) >= 11 is 0. The molecule has 0 saturated carbocycles. The van der Waals surface area contributed by atoms with Crippen LogP contribution in [0.2, 0.25) is 0 Å². The largest absolute Gasteiger partial charge is 0.507 e. The zero-order valence-electron chi connectivity index (χ0n) is 16.8. The van der Waals surface area contributed by atoms with Gasteiger partial charge in [-0.3, -0.25) is 0 Å².